The van der Waals surface area contributed by atoms with Crippen molar-refractivity contribution in [1.82, 2.24) is 4.31 Å². The van der Waals surface area contributed by atoms with Crippen molar-refractivity contribution in [3.63, 3.8) is 0 Å². The summed E-state index contributed by atoms with van der Waals surface area (Å²) in [6.45, 7) is 0.564. The maximum atomic E-state index is 12.7. The third-order valence-corrected chi connectivity index (χ3v) is 7.02. The second-order valence-corrected chi connectivity index (χ2v) is 8.04. The predicted octanol–water partition coefficient (Wildman–Crippen LogP) is 2.11. The van der Waals surface area contributed by atoms with Crippen LogP contribution in [0.15, 0.2) is 27.6 Å². The SMILES string of the molecule is O=S(=O)(c1ccc(CO)cc1Br)N1CC2CCC1C2. The number of hydrogen-bond donors (Lipinski definition) is 1. The number of fused-ring (bicyclic) bond motifs is 2. The number of rotatable bonds is 3. The summed E-state index contributed by atoms with van der Waals surface area (Å²) in [7, 11) is -3.42. The molecule has 0 amide bonds. The topological polar surface area (TPSA) is 57.6 Å². The highest BCUT2D eigenvalue weighted by atomic mass is 79.9. The van der Waals surface area contributed by atoms with Crippen LogP contribution < -0.4 is 0 Å². The van der Waals surface area contributed by atoms with Crippen molar-refractivity contribution < 1.29 is 13.5 Å². The van der Waals surface area contributed by atoms with Crippen molar-refractivity contribution in [2.45, 2.75) is 36.8 Å². The molecule has 1 aromatic carbocycles. The molecule has 1 aromatic rings. The molecule has 1 heterocycles. The zero-order valence-corrected chi connectivity index (χ0v) is 12.8. The van der Waals surface area contributed by atoms with Crippen LogP contribution in [0.5, 0.6) is 0 Å². The van der Waals surface area contributed by atoms with E-state index >= 15 is 0 Å². The van der Waals surface area contributed by atoms with E-state index in [1.54, 1.807) is 22.5 Å². The molecule has 6 heteroatoms. The van der Waals surface area contributed by atoms with Gasteiger partial charge in [-0.3, -0.25) is 0 Å². The van der Waals surface area contributed by atoms with Gasteiger partial charge < -0.3 is 5.11 Å². The zero-order chi connectivity index (χ0) is 13.6. The maximum absolute atomic E-state index is 12.7. The Morgan fingerprint density at radius 1 is 1.37 bits per heavy atom. The number of halogens is 1. The molecule has 19 heavy (non-hydrogen) atoms. The molecular formula is C13H16BrNO3S. The van der Waals surface area contributed by atoms with Crippen LogP contribution in [0.1, 0.15) is 24.8 Å². The molecule has 2 atom stereocenters. The Morgan fingerprint density at radius 3 is 2.68 bits per heavy atom. The van der Waals surface area contributed by atoms with Gasteiger partial charge in [0.2, 0.25) is 10.0 Å². The second kappa shape index (κ2) is 4.84. The monoisotopic (exact) mass is 345 g/mol. The van der Waals surface area contributed by atoms with Gasteiger partial charge in [-0.15, -0.1) is 0 Å². The molecule has 1 saturated heterocycles. The number of nitrogens with zero attached hydrogens (tertiary/aromatic N) is 1. The standard InChI is InChI=1S/C13H16BrNO3S/c14-12-6-10(8-16)2-4-13(12)19(17,18)15-7-9-1-3-11(15)5-9/h2,4,6,9,11,16H,1,3,5,7-8H2. The zero-order valence-electron chi connectivity index (χ0n) is 10.4. The molecule has 1 saturated carbocycles. The number of hydrogen-bond acceptors (Lipinski definition) is 3. The van der Waals surface area contributed by atoms with E-state index in [1.165, 1.54) is 0 Å². The van der Waals surface area contributed by atoms with E-state index < -0.39 is 10.0 Å². The average Bonchev–Trinajstić information content (AvgIpc) is 3.00. The highest BCUT2D eigenvalue weighted by Gasteiger charge is 2.44. The summed E-state index contributed by atoms with van der Waals surface area (Å²) in [6.07, 6.45) is 3.14. The fraction of sp³-hybridized carbons (Fsp3) is 0.538. The predicted molar refractivity (Wildman–Crippen MR) is 75.1 cm³/mol. The van der Waals surface area contributed by atoms with E-state index in [0.29, 0.717) is 27.4 Å². The summed E-state index contributed by atoms with van der Waals surface area (Å²) in [6, 6.07) is 5.09. The lowest BCUT2D eigenvalue weighted by Crippen LogP contribution is -2.37. The summed E-state index contributed by atoms with van der Waals surface area (Å²) in [5, 5.41) is 9.07. The Hall–Kier alpha value is -0.430. The second-order valence-electron chi connectivity index (χ2n) is 5.33. The Bertz CT molecular complexity index is 602. The summed E-state index contributed by atoms with van der Waals surface area (Å²) in [5.74, 6) is 0.537. The molecule has 0 aromatic heterocycles. The number of aliphatic hydroxyl groups is 1. The number of sulfonamides is 1. The first kappa shape index (κ1) is 13.5. The van der Waals surface area contributed by atoms with Gasteiger partial charge >= 0.3 is 0 Å². The van der Waals surface area contributed by atoms with E-state index in [0.717, 1.165) is 19.3 Å². The number of aliphatic hydroxyl groups excluding tert-OH is 1. The summed E-state index contributed by atoms with van der Waals surface area (Å²) >= 11 is 3.31. The fourth-order valence-corrected chi connectivity index (χ4v) is 5.98. The van der Waals surface area contributed by atoms with Crippen LogP contribution in [0.4, 0.5) is 0 Å². The molecule has 0 spiro atoms. The van der Waals surface area contributed by atoms with Crippen LogP contribution in [-0.2, 0) is 16.6 Å². The molecule has 2 bridgehead atoms. The summed E-state index contributed by atoms with van der Waals surface area (Å²) in [4.78, 5) is 0.303. The lowest BCUT2D eigenvalue weighted by molar-refractivity contribution is 0.281. The third kappa shape index (κ3) is 2.24. The summed E-state index contributed by atoms with van der Waals surface area (Å²) < 4.78 is 27.5. The van der Waals surface area contributed by atoms with Gasteiger partial charge in [0.25, 0.3) is 0 Å². The fourth-order valence-electron chi connectivity index (χ4n) is 3.15. The van der Waals surface area contributed by atoms with Crippen molar-refractivity contribution in [3.8, 4) is 0 Å². The van der Waals surface area contributed by atoms with Crippen LogP contribution >= 0.6 is 15.9 Å². The Kier molecular flexibility index (Phi) is 3.45. The molecule has 4 nitrogen and oxygen atoms in total. The van der Waals surface area contributed by atoms with Crippen molar-refractivity contribution in [2.75, 3.05) is 6.54 Å². The van der Waals surface area contributed by atoms with Crippen LogP contribution in [0, 0.1) is 5.92 Å². The van der Waals surface area contributed by atoms with Crippen LogP contribution in [0.3, 0.4) is 0 Å². The van der Waals surface area contributed by atoms with Crippen LogP contribution in [-0.4, -0.2) is 30.4 Å². The van der Waals surface area contributed by atoms with E-state index in [9.17, 15) is 8.42 Å². The van der Waals surface area contributed by atoms with E-state index in [2.05, 4.69) is 15.9 Å². The molecule has 2 fully saturated rings. The highest BCUT2D eigenvalue weighted by molar-refractivity contribution is 9.10. The van der Waals surface area contributed by atoms with Crippen molar-refractivity contribution in [3.05, 3.63) is 28.2 Å². The van der Waals surface area contributed by atoms with Crippen molar-refractivity contribution in [2.24, 2.45) is 5.92 Å². The highest BCUT2D eigenvalue weighted by Crippen LogP contribution is 2.41. The van der Waals surface area contributed by atoms with Gasteiger partial charge in [-0.1, -0.05) is 6.07 Å². The van der Waals surface area contributed by atoms with E-state index in [4.69, 9.17) is 5.11 Å². The first-order chi connectivity index (χ1) is 9.02. The molecule has 2 unspecified atom stereocenters. The number of piperidine rings is 1. The molecule has 3 rings (SSSR count). The molecule has 104 valence electrons. The third-order valence-electron chi connectivity index (χ3n) is 4.12. The minimum absolute atomic E-state index is 0.0899. The quantitative estimate of drug-likeness (QED) is 0.912. The maximum Gasteiger partial charge on any atom is 0.244 e. The van der Waals surface area contributed by atoms with Gasteiger partial charge in [0.05, 0.1) is 11.5 Å². The summed E-state index contributed by atoms with van der Waals surface area (Å²) in [5.41, 5.74) is 0.703. The molecular weight excluding hydrogens is 330 g/mol. The van der Waals surface area contributed by atoms with Crippen LogP contribution in [0.2, 0.25) is 0 Å². The Balaban J connectivity index is 1.96. The lowest BCUT2D eigenvalue weighted by atomic mass is 10.1. The average molecular weight is 346 g/mol. The first-order valence-corrected chi connectivity index (χ1v) is 8.67. The Labute approximate surface area is 121 Å². The van der Waals surface area contributed by atoms with Gasteiger partial charge in [-0.2, -0.15) is 4.31 Å². The van der Waals surface area contributed by atoms with Crippen molar-refractivity contribution >= 4 is 26.0 Å². The Morgan fingerprint density at radius 2 is 2.16 bits per heavy atom. The molecule has 2 aliphatic rings. The minimum Gasteiger partial charge on any atom is -0.392 e. The minimum atomic E-state index is -3.42. The van der Waals surface area contributed by atoms with Crippen molar-refractivity contribution in [1.29, 1.82) is 0 Å². The lowest BCUT2D eigenvalue weighted by Gasteiger charge is -2.26. The van der Waals surface area contributed by atoms with Gasteiger partial charge in [0, 0.05) is 17.1 Å². The number of benzene rings is 1. The molecule has 0 radical (unpaired) electrons. The molecule has 1 aliphatic carbocycles. The molecule has 1 N–H and O–H groups in total. The van der Waals surface area contributed by atoms with Gasteiger partial charge in [-0.25, -0.2) is 8.42 Å². The molecule has 1 aliphatic heterocycles. The van der Waals surface area contributed by atoms with E-state index in [1.807, 2.05) is 0 Å². The first-order valence-electron chi connectivity index (χ1n) is 6.43. The van der Waals surface area contributed by atoms with Gasteiger partial charge in [-0.05, 0) is 58.8 Å². The van der Waals surface area contributed by atoms with Gasteiger partial charge in [0.1, 0.15) is 0 Å². The largest absolute Gasteiger partial charge is 0.392 e. The van der Waals surface area contributed by atoms with Gasteiger partial charge in [0.15, 0.2) is 0 Å². The normalized spacial score (nSPS) is 27.1. The smallest absolute Gasteiger partial charge is 0.244 e. The van der Waals surface area contributed by atoms with E-state index in [-0.39, 0.29) is 12.6 Å². The van der Waals surface area contributed by atoms with Crippen LogP contribution in [0.25, 0.3) is 0 Å².